The highest BCUT2D eigenvalue weighted by molar-refractivity contribution is 6.33. The summed E-state index contributed by atoms with van der Waals surface area (Å²) in [4.78, 5) is 27.1. The largest absolute Gasteiger partial charge is 0.345 e. The highest BCUT2D eigenvalue weighted by Crippen LogP contribution is 2.22. The normalized spacial score (nSPS) is 17.8. The first kappa shape index (κ1) is 18.4. The van der Waals surface area contributed by atoms with Crippen molar-refractivity contribution in [2.75, 3.05) is 13.1 Å². The average molecular weight is 372 g/mol. The Morgan fingerprint density at radius 2 is 1.85 bits per heavy atom. The molecular weight excluding hydrogens is 350 g/mol. The molecule has 1 unspecified atom stereocenters. The molecule has 1 saturated heterocycles. The Hall–Kier alpha value is -2.37. The van der Waals surface area contributed by atoms with E-state index in [-0.39, 0.29) is 24.3 Å². The molecule has 0 saturated carbocycles. The van der Waals surface area contributed by atoms with E-state index >= 15 is 0 Å². The zero-order valence-corrected chi connectivity index (χ0v) is 15.2. The molecule has 1 aliphatic heterocycles. The lowest BCUT2D eigenvalue weighted by Crippen LogP contribution is -2.36. The summed E-state index contributed by atoms with van der Waals surface area (Å²) < 4.78 is 0. The molecule has 2 aromatic rings. The van der Waals surface area contributed by atoms with Crippen LogP contribution in [0.2, 0.25) is 5.02 Å². The maximum Gasteiger partial charge on any atom is 0.253 e. The van der Waals surface area contributed by atoms with E-state index in [2.05, 4.69) is 5.32 Å². The number of likely N-dealkylation sites (tertiary alicyclic amines) is 1. The Bertz CT molecular complexity index is 782. The Labute approximate surface area is 158 Å². The minimum absolute atomic E-state index is 0.00809. The number of carbonyl (C=O) groups is 2. The van der Waals surface area contributed by atoms with Gasteiger partial charge in [-0.25, -0.2) is 0 Å². The van der Waals surface area contributed by atoms with Gasteiger partial charge in [-0.3, -0.25) is 9.59 Å². The van der Waals surface area contributed by atoms with Crippen molar-refractivity contribution in [1.82, 2.24) is 10.2 Å². The molecule has 0 radical (unpaired) electrons. The molecular formula is C20H22ClN3O2. The van der Waals surface area contributed by atoms with Gasteiger partial charge in [-0.05, 0) is 24.1 Å². The fraction of sp³-hybridized carbons (Fsp3) is 0.300. The van der Waals surface area contributed by atoms with E-state index in [9.17, 15) is 9.59 Å². The number of rotatable bonds is 5. The first-order valence-electron chi connectivity index (χ1n) is 8.68. The van der Waals surface area contributed by atoms with Crippen LogP contribution in [0.15, 0.2) is 54.6 Å². The van der Waals surface area contributed by atoms with Gasteiger partial charge < -0.3 is 16.0 Å². The lowest BCUT2D eigenvalue weighted by atomic mass is 10.0. The molecule has 2 amide bonds. The molecule has 26 heavy (non-hydrogen) atoms. The van der Waals surface area contributed by atoms with Crippen molar-refractivity contribution in [3.8, 4) is 0 Å². The van der Waals surface area contributed by atoms with Gasteiger partial charge >= 0.3 is 0 Å². The lowest BCUT2D eigenvalue weighted by Gasteiger charge is -2.23. The van der Waals surface area contributed by atoms with Crippen molar-refractivity contribution in [3.05, 3.63) is 70.7 Å². The van der Waals surface area contributed by atoms with Crippen LogP contribution in [0.5, 0.6) is 0 Å². The fourth-order valence-corrected chi connectivity index (χ4v) is 3.36. The van der Waals surface area contributed by atoms with E-state index < -0.39 is 6.04 Å². The third-order valence-electron chi connectivity index (χ3n) is 4.58. The third kappa shape index (κ3) is 4.42. The first-order valence-corrected chi connectivity index (χ1v) is 9.06. The molecule has 0 spiro atoms. The van der Waals surface area contributed by atoms with Crippen molar-refractivity contribution in [1.29, 1.82) is 0 Å². The predicted octanol–water partition coefficient (Wildman–Crippen LogP) is 2.76. The molecule has 1 fully saturated rings. The molecule has 1 heterocycles. The summed E-state index contributed by atoms with van der Waals surface area (Å²) in [6.45, 7) is 1.23. The van der Waals surface area contributed by atoms with Gasteiger partial charge in [0.2, 0.25) is 5.91 Å². The predicted molar refractivity (Wildman–Crippen MR) is 102 cm³/mol. The average Bonchev–Trinajstić information content (AvgIpc) is 3.08. The molecule has 1 aliphatic rings. The van der Waals surface area contributed by atoms with Crippen LogP contribution in [0.1, 0.15) is 34.8 Å². The maximum atomic E-state index is 12.7. The molecule has 2 atom stereocenters. The minimum Gasteiger partial charge on any atom is -0.345 e. The summed E-state index contributed by atoms with van der Waals surface area (Å²) in [7, 11) is 0. The molecule has 3 N–H and O–H groups in total. The van der Waals surface area contributed by atoms with Crippen LogP contribution in [0, 0.1) is 0 Å². The van der Waals surface area contributed by atoms with Crippen molar-refractivity contribution >= 4 is 23.4 Å². The van der Waals surface area contributed by atoms with Gasteiger partial charge in [-0.2, -0.15) is 0 Å². The van der Waals surface area contributed by atoms with E-state index in [4.69, 9.17) is 17.3 Å². The van der Waals surface area contributed by atoms with Crippen molar-refractivity contribution in [2.24, 2.45) is 5.73 Å². The lowest BCUT2D eigenvalue weighted by molar-refractivity contribution is -0.130. The monoisotopic (exact) mass is 371 g/mol. The molecule has 6 heteroatoms. The van der Waals surface area contributed by atoms with Crippen LogP contribution in [-0.4, -0.2) is 35.8 Å². The molecule has 0 aliphatic carbocycles. The number of hydrogen-bond donors (Lipinski definition) is 2. The summed E-state index contributed by atoms with van der Waals surface area (Å²) in [6, 6.07) is 16.0. The van der Waals surface area contributed by atoms with Crippen LogP contribution in [-0.2, 0) is 4.79 Å². The molecule has 0 bridgehead atoms. The standard InChI is InChI=1S/C20H22ClN3O2/c21-17-9-5-4-8-16(17)20(26)23-18(14-6-2-1-3-7-14)12-19(25)24-11-10-15(22)13-24/h1-9,15,18H,10-13,22H2,(H,23,26)/t15-,18?/m1/s1. The summed E-state index contributed by atoms with van der Waals surface area (Å²) in [5, 5.41) is 3.34. The van der Waals surface area contributed by atoms with Gasteiger partial charge in [0.25, 0.3) is 5.91 Å². The van der Waals surface area contributed by atoms with Gasteiger partial charge in [0.15, 0.2) is 0 Å². The van der Waals surface area contributed by atoms with Crippen molar-refractivity contribution in [2.45, 2.75) is 24.9 Å². The second-order valence-corrected chi connectivity index (χ2v) is 6.92. The van der Waals surface area contributed by atoms with Crippen LogP contribution < -0.4 is 11.1 Å². The van der Waals surface area contributed by atoms with E-state index in [1.807, 2.05) is 30.3 Å². The van der Waals surface area contributed by atoms with Gasteiger partial charge in [0, 0.05) is 19.1 Å². The zero-order valence-electron chi connectivity index (χ0n) is 14.4. The van der Waals surface area contributed by atoms with Crippen LogP contribution in [0.4, 0.5) is 0 Å². The number of halogens is 1. The fourth-order valence-electron chi connectivity index (χ4n) is 3.14. The topological polar surface area (TPSA) is 75.4 Å². The highest BCUT2D eigenvalue weighted by atomic mass is 35.5. The zero-order chi connectivity index (χ0) is 18.5. The second kappa shape index (κ2) is 8.34. The van der Waals surface area contributed by atoms with E-state index in [1.54, 1.807) is 29.2 Å². The Morgan fingerprint density at radius 1 is 1.15 bits per heavy atom. The molecule has 3 rings (SSSR count). The Morgan fingerprint density at radius 3 is 2.50 bits per heavy atom. The SMILES string of the molecule is N[C@@H]1CCN(C(=O)CC(NC(=O)c2ccccc2Cl)c2ccccc2)C1. The number of nitrogens with zero attached hydrogens (tertiary/aromatic N) is 1. The maximum absolute atomic E-state index is 12.7. The number of hydrogen-bond acceptors (Lipinski definition) is 3. The summed E-state index contributed by atoms with van der Waals surface area (Å²) in [5.74, 6) is -0.304. The number of nitrogens with two attached hydrogens (primary N) is 1. The van der Waals surface area contributed by atoms with E-state index in [0.717, 1.165) is 12.0 Å². The minimum atomic E-state index is -0.427. The van der Waals surface area contributed by atoms with Crippen LogP contribution in [0.25, 0.3) is 0 Å². The van der Waals surface area contributed by atoms with Gasteiger partial charge in [0.05, 0.1) is 23.0 Å². The van der Waals surface area contributed by atoms with Crippen LogP contribution >= 0.6 is 11.6 Å². The Kier molecular flexibility index (Phi) is 5.91. The first-order chi connectivity index (χ1) is 12.5. The second-order valence-electron chi connectivity index (χ2n) is 6.51. The number of amides is 2. The van der Waals surface area contributed by atoms with Crippen LogP contribution in [0.3, 0.4) is 0 Å². The number of nitrogens with one attached hydrogen (secondary N) is 1. The number of carbonyl (C=O) groups excluding carboxylic acids is 2. The molecule has 2 aromatic carbocycles. The van der Waals surface area contributed by atoms with Crippen molar-refractivity contribution < 1.29 is 9.59 Å². The van der Waals surface area contributed by atoms with E-state index in [1.165, 1.54) is 0 Å². The Balaban J connectivity index is 1.77. The molecule has 5 nitrogen and oxygen atoms in total. The quantitative estimate of drug-likeness (QED) is 0.848. The molecule has 0 aromatic heterocycles. The summed E-state index contributed by atoms with van der Waals surface area (Å²) in [5.41, 5.74) is 7.17. The van der Waals surface area contributed by atoms with Gasteiger partial charge in [-0.15, -0.1) is 0 Å². The highest BCUT2D eigenvalue weighted by Gasteiger charge is 2.27. The van der Waals surface area contributed by atoms with Gasteiger partial charge in [0.1, 0.15) is 0 Å². The van der Waals surface area contributed by atoms with Crippen molar-refractivity contribution in [3.63, 3.8) is 0 Å². The molecule has 136 valence electrons. The summed E-state index contributed by atoms with van der Waals surface area (Å²) >= 11 is 6.12. The smallest absolute Gasteiger partial charge is 0.253 e. The summed E-state index contributed by atoms with van der Waals surface area (Å²) in [6.07, 6.45) is 1.00. The third-order valence-corrected chi connectivity index (χ3v) is 4.91. The van der Waals surface area contributed by atoms with E-state index in [0.29, 0.717) is 23.7 Å². The van der Waals surface area contributed by atoms with Gasteiger partial charge in [-0.1, -0.05) is 54.1 Å². The number of benzene rings is 2.